The van der Waals surface area contributed by atoms with Crippen LogP contribution in [0.5, 0.6) is 5.75 Å². The zero-order chi connectivity index (χ0) is 18.7. The van der Waals surface area contributed by atoms with Crippen molar-refractivity contribution in [3.63, 3.8) is 0 Å². The lowest BCUT2D eigenvalue weighted by Gasteiger charge is -2.37. The monoisotopic (exact) mass is 360 g/mol. The summed E-state index contributed by atoms with van der Waals surface area (Å²) in [4.78, 5) is 29.2. The molecular weight excluding hydrogens is 332 g/mol. The maximum Gasteiger partial charge on any atom is 0.227 e. The van der Waals surface area contributed by atoms with Crippen LogP contribution in [0.25, 0.3) is 0 Å². The van der Waals surface area contributed by atoms with Crippen molar-refractivity contribution in [1.29, 1.82) is 0 Å². The van der Waals surface area contributed by atoms with Gasteiger partial charge in [0.15, 0.2) is 0 Å². The van der Waals surface area contributed by atoms with Gasteiger partial charge in [0.05, 0.1) is 19.4 Å². The number of nitrogens with zero attached hydrogens (tertiary/aromatic N) is 2. The Kier molecular flexibility index (Phi) is 5.51. The Morgan fingerprint density at radius 2 is 2.04 bits per heavy atom. The Hall–Kier alpha value is -2.08. The minimum Gasteiger partial charge on any atom is -0.497 e. The lowest BCUT2D eigenvalue weighted by atomic mass is 9.71. The highest BCUT2D eigenvalue weighted by Crippen LogP contribution is 2.45. The summed E-state index contributed by atoms with van der Waals surface area (Å²) < 4.78 is 10.8. The number of methoxy groups -OCH3 is 1. The topological polar surface area (TPSA) is 59.1 Å². The molecule has 0 saturated carbocycles. The summed E-state index contributed by atoms with van der Waals surface area (Å²) in [6.45, 7) is 2.47. The van der Waals surface area contributed by atoms with Gasteiger partial charge in [-0.2, -0.15) is 0 Å². The van der Waals surface area contributed by atoms with Crippen molar-refractivity contribution in [2.24, 2.45) is 11.3 Å². The van der Waals surface area contributed by atoms with Crippen molar-refractivity contribution < 1.29 is 19.1 Å². The molecule has 6 heteroatoms. The predicted molar refractivity (Wildman–Crippen MR) is 97.9 cm³/mol. The van der Waals surface area contributed by atoms with Crippen LogP contribution in [0.4, 0.5) is 0 Å². The summed E-state index contributed by atoms with van der Waals surface area (Å²) in [6.07, 6.45) is 1.99. The number of likely N-dealkylation sites (tertiary alicyclic amines) is 1. The van der Waals surface area contributed by atoms with E-state index in [0.29, 0.717) is 32.7 Å². The molecule has 142 valence electrons. The van der Waals surface area contributed by atoms with E-state index in [0.717, 1.165) is 24.2 Å². The second kappa shape index (κ2) is 7.66. The number of rotatable bonds is 4. The summed E-state index contributed by atoms with van der Waals surface area (Å²) in [5.74, 6) is 0.788. The molecule has 6 nitrogen and oxygen atoms in total. The minimum absolute atomic E-state index is 0.0678. The first-order valence-corrected chi connectivity index (χ1v) is 9.15. The number of benzene rings is 1. The SMILES string of the molecule is COc1cccc(CC(=O)N2CC(C(=O)N(C)C)C3(CCOCC3)C2)c1. The van der Waals surface area contributed by atoms with Crippen molar-refractivity contribution >= 4 is 11.8 Å². The third kappa shape index (κ3) is 3.70. The fraction of sp³-hybridized carbons (Fsp3) is 0.600. The normalized spacial score (nSPS) is 21.7. The van der Waals surface area contributed by atoms with Gasteiger partial charge < -0.3 is 19.3 Å². The summed E-state index contributed by atoms with van der Waals surface area (Å²) in [6, 6.07) is 7.58. The fourth-order valence-corrected chi connectivity index (χ4v) is 4.16. The van der Waals surface area contributed by atoms with E-state index in [9.17, 15) is 9.59 Å². The number of carbonyl (C=O) groups excluding carboxylic acids is 2. The summed E-state index contributed by atoms with van der Waals surface area (Å²) in [5, 5.41) is 0. The van der Waals surface area contributed by atoms with Crippen molar-refractivity contribution in [2.45, 2.75) is 19.3 Å². The van der Waals surface area contributed by atoms with E-state index in [2.05, 4.69) is 0 Å². The lowest BCUT2D eigenvalue weighted by molar-refractivity contribution is -0.138. The van der Waals surface area contributed by atoms with Crippen molar-refractivity contribution in [2.75, 3.05) is 47.5 Å². The van der Waals surface area contributed by atoms with E-state index < -0.39 is 0 Å². The van der Waals surface area contributed by atoms with Gasteiger partial charge in [-0.15, -0.1) is 0 Å². The molecule has 2 amide bonds. The second-order valence-corrected chi connectivity index (χ2v) is 7.56. The molecule has 2 heterocycles. The molecular formula is C20H28N2O4. The highest BCUT2D eigenvalue weighted by atomic mass is 16.5. The number of hydrogen-bond acceptors (Lipinski definition) is 4. The molecule has 2 fully saturated rings. The maximum atomic E-state index is 12.9. The molecule has 1 unspecified atom stereocenters. The van der Waals surface area contributed by atoms with Crippen LogP contribution in [-0.4, -0.2) is 69.1 Å². The largest absolute Gasteiger partial charge is 0.497 e. The average Bonchev–Trinajstić information content (AvgIpc) is 3.00. The van der Waals surface area contributed by atoms with Gasteiger partial charge in [-0.3, -0.25) is 9.59 Å². The van der Waals surface area contributed by atoms with Crippen LogP contribution in [0.2, 0.25) is 0 Å². The van der Waals surface area contributed by atoms with Crippen molar-refractivity contribution in [3.05, 3.63) is 29.8 Å². The van der Waals surface area contributed by atoms with E-state index in [-0.39, 0.29) is 23.1 Å². The molecule has 1 atom stereocenters. The van der Waals surface area contributed by atoms with Gasteiger partial charge in [0.25, 0.3) is 0 Å². The van der Waals surface area contributed by atoms with Crippen LogP contribution < -0.4 is 4.74 Å². The highest BCUT2D eigenvalue weighted by Gasteiger charge is 2.51. The molecule has 0 aliphatic carbocycles. The molecule has 0 radical (unpaired) electrons. The van der Waals surface area contributed by atoms with Gasteiger partial charge in [-0.1, -0.05) is 12.1 Å². The molecule has 2 aliphatic rings. The van der Waals surface area contributed by atoms with Crippen LogP contribution in [0.3, 0.4) is 0 Å². The molecule has 0 N–H and O–H groups in total. The zero-order valence-electron chi connectivity index (χ0n) is 15.9. The molecule has 3 rings (SSSR count). The van der Waals surface area contributed by atoms with E-state index in [1.807, 2.05) is 29.2 Å². The third-order valence-electron chi connectivity index (χ3n) is 5.72. The first-order valence-electron chi connectivity index (χ1n) is 9.15. The van der Waals surface area contributed by atoms with Gasteiger partial charge in [-0.05, 0) is 30.5 Å². The number of amides is 2. The molecule has 1 aromatic carbocycles. The standard InChI is InChI=1S/C20H28N2O4/c1-21(2)19(24)17-13-22(14-20(17)7-9-26-10-8-20)18(23)12-15-5-4-6-16(11-15)25-3/h4-6,11,17H,7-10,12-14H2,1-3H3. The summed E-state index contributed by atoms with van der Waals surface area (Å²) >= 11 is 0. The average molecular weight is 360 g/mol. The quantitative estimate of drug-likeness (QED) is 0.818. The molecule has 2 aliphatic heterocycles. The summed E-state index contributed by atoms with van der Waals surface area (Å²) in [5.41, 5.74) is 0.779. The first-order chi connectivity index (χ1) is 12.4. The molecule has 1 aromatic rings. The number of hydrogen-bond donors (Lipinski definition) is 0. The minimum atomic E-state index is -0.149. The first kappa shape index (κ1) is 18.7. The molecule has 26 heavy (non-hydrogen) atoms. The van der Waals surface area contributed by atoms with Gasteiger partial charge in [0.1, 0.15) is 5.75 Å². The Morgan fingerprint density at radius 3 is 2.69 bits per heavy atom. The predicted octanol–water partition coefficient (Wildman–Crippen LogP) is 1.58. The van der Waals surface area contributed by atoms with Crippen molar-refractivity contribution in [1.82, 2.24) is 9.80 Å². The smallest absolute Gasteiger partial charge is 0.227 e. The van der Waals surface area contributed by atoms with Crippen molar-refractivity contribution in [3.8, 4) is 5.75 Å². The number of ether oxygens (including phenoxy) is 2. The van der Waals surface area contributed by atoms with E-state index in [1.54, 1.807) is 26.1 Å². The van der Waals surface area contributed by atoms with Crippen LogP contribution >= 0.6 is 0 Å². The zero-order valence-corrected chi connectivity index (χ0v) is 15.9. The maximum absolute atomic E-state index is 12.9. The van der Waals surface area contributed by atoms with E-state index in [1.165, 1.54) is 0 Å². The Bertz CT molecular complexity index is 668. The summed E-state index contributed by atoms with van der Waals surface area (Å²) in [7, 11) is 5.19. The molecule has 0 aromatic heterocycles. The Balaban J connectivity index is 1.75. The Labute approximate surface area is 155 Å². The van der Waals surface area contributed by atoms with Crippen LogP contribution in [0.1, 0.15) is 18.4 Å². The number of carbonyl (C=O) groups is 2. The highest BCUT2D eigenvalue weighted by molar-refractivity contribution is 5.84. The van der Waals surface area contributed by atoms with Crippen LogP contribution in [0, 0.1) is 11.3 Å². The van der Waals surface area contributed by atoms with E-state index >= 15 is 0 Å². The van der Waals surface area contributed by atoms with Gasteiger partial charge >= 0.3 is 0 Å². The van der Waals surface area contributed by atoms with Crippen LogP contribution in [-0.2, 0) is 20.7 Å². The lowest BCUT2D eigenvalue weighted by Crippen LogP contribution is -2.44. The molecule has 1 spiro atoms. The molecule has 2 saturated heterocycles. The van der Waals surface area contributed by atoms with Gasteiger partial charge in [-0.25, -0.2) is 0 Å². The Morgan fingerprint density at radius 1 is 1.31 bits per heavy atom. The van der Waals surface area contributed by atoms with Gasteiger partial charge in [0, 0.05) is 45.8 Å². The molecule has 0 bridgehead atoms. The van der Waals surface area contributed by atoms with Crippen LogP contribution in [0.15, 0.2) is 24.3 Å². The third-order valence-corrected chi connectivity index (χ3v) is 5.72. The van der Waals surface area contributed by atoms with E-state index in [4.69, 9.17) is 9.47 Å². The second-order valence-electron chi connectivity index (χ2n) is 7.56. The fourth-order valence-electron chi connectivity index (χ4n) is 4.16. The van der Waals surface area contributed by atoms with Gasteiger partial charge in [0.2, 0.25) is 11.8 Å².